The predicted octanol–water partition coefficient (Wildman–Crippen LogP) is 3.08. The summed E-state index contributed by atoms with van der Waals surface area (Å²) >= 11 is 0. The van der Waals surface area contributed by atoms with Gasteiger partial charge < -0.3 is 19.3 Å². The zero-order valence-corrected chi connectivity index (χ0v) is 16.7. The monoisotopic (exact) mass is 417 g/mol. The lowest BCUT2D eigenvalue weighted by molar-refractivity contribution is -0.183. The molecule has 8 heteroatoms. The van der Waals surface area contributed by atoms with Crippen LogP contribution in [-0.4, -0.2) is 43.9 Å². The molecule has 0 aliphatic carbocycles. The lowest BCUT2D eigenvalue weighted by Crippen LogP contribution is -2.18. The lowest BCUT2D eigenvalue weighted by Gasteiger charge is -2.24. The minimum absolute atomic E-state index is 0.0150. The number of fused-ring (bicyclic) bond motifs is 1. The summed E-state index contributed by atoms with van der Waals surface area (Å²) in [5.74, 6) is 0.533. The van der Waals surface area contributed by atoms with Gasteiger partial charge in [0.1, 0.15) is 5.75 Å². The van der Waals surface area contributed by atoms with Crippen LogP contribution in [0.5, 0.6) is 5.75 Å². The Labute approximate surface area is 169 Å². The summed E-state index contributed by atoms with van der Waals surface area (Å²) in [7, 11) is -3.77. The van der Waals surface area contributed by atoms with Gasteiger partial charge in [0, 0.05) is 30.2 Å². The van der Waals surface area contributed by atoms with Crippen molar-refractivity contribution in [2.45, 2.75) is 24.0 Å². The molecule has 0 spiro atoms. The molecule has 7 nitrogen and oxygen atoms in total. The van der Waals surface area contributed by atoms with Crippen LogP contribution >= 0.6 is 0 Å². The van der Waals surface area contributed by atoms with Crippen molar-refractivity contribution in [2.24, 2.45) is 0 Å². The van der Waals surface area contributed by atoms with Crippen molar-refractivity contribution < 1.29 is 27.7 Å². The van der Waals surface area contributed by atoms with E-state index in [0.717, 1.165) is 6.42 Å². The maximum atomic E-state index is 13.2. The zero-order valence-electron chi connectivity index (χ0n) is 15.9. The molecule has 1 aromatic heterocycles. The van der Waals surface area contributed by atoms with Crippen LogP contribution in [0.15, 0.2) is 59.6 Å². The molecule has 1 N–H and O–H groups in total. The fourth-order valence-corrected chi connectivity index (χ4v) is 4.66. The Kier molecular flexibility index (Phi) is 5.86. The molecule has 1 fully saturated rings. The first-order valence-corrected chi connectivity index (χ1v) is 11.0. The van der Waals surface area contributed by atoms with Crippen molar-refractivity contribution in [1.82, 2.24) is 3.97 Å². The van der Waals surface area contributed by atoms with Crippen molar-refractivity contribution in [3.63, 3.8) is 0 Å². The third-order valence-electron chi connectivity index (χ3n) is 4.72. The van der Waals surface area contributed by atoms with Gasteiger partial charge in [0.25, 0.3) is 10.0 Å². The van der Waals surface area contributed by atoms with Crippen LogP contribution in [0.2, 0.25) is 0 Å². The zero-order chi connectivity index (χ0) is 20.3. The molecule has 1 aliphatic heterocycles. The second kappa shape index (κ2) is 8.54. The Balaban J connectivity index is 1.83. The highest BCUT2D eigenvalue weighted by Gasteiger charge is 2.24. The SMILES string of the molecule is O=S(=O)(c1ccccc1)n1ccc2c(OCCCO)cc(C3OCCCO3)cc21. The van der Waals surface area contributed by atoms with Crippen LogP contribution in [-0.2, 0) is 19.5 Å². The van der Waals surface area contributed by atoms with Gasteiger partial charge >= 0.3 is 0 Å². The first-order valence-electron chi connectivity index (χ1n) is 9.54. The number of hydrogen-bond acceptors (Lipinski definition) is 6. The lowest BCUT2D eigenvalue weighted by atomic mass is 10.1. The number of nitrogens with zero attached hydrogens (tertiary/aromatic N) is 1. The summed E-state index contributed by atoms with van der Waals surface area (Å²) in [6.45, 7) is 1.48. The van der Waals surface area contributed by atoms with E-state index in [1.54, 1.807) is 42.5 Å². The Morgan fingerprint density at radius 2 is 1.86 bits per heavy atom. The van der Waals surface area contributed by atoms with E-state index < -0.39 is 16.3 Å². The van der Waals surface area contributed by atoms with Crippen LogP contribution in [0.25, 0.3) is 10.9 Å². The molecule has 154 valence electrons. The average molecular weight is 417 g/mol. The molecular weight excluding hydrogens is 394 g/mol. The number of rotatable bonds is 7. The molecule has 29 heavy (non-hydrogen) atoms. The molecule has 0 atom stereocenters. The Morgan fingerprint density at radius 1 is 1.10 bits per heavy atom. The summed E-state index contributed by atoms with van der Waals surface area (Å²) in [5.41, 5.74) is 1.18. The second-order valence-electron chi connectivity index (χ2n) is 6.73. The highest BCUT2D eigenvalue weighted by molar-refractivity contribution is 7.90. The summed E-state index contributed by atoms with van der Waals surface area (Å²) < 4.78 is 44.9. The van der Waals surface area contributed by atoms with E-state index in [4.69, 9.17) is 19.3 Å². The smallest absolute Gasteiger partial charge is 0.268 e. The average Bonchev–Trinajstić information content (AvgIpc) is 3.20. The van der Waals surface area contributed by atoms with Gasteiger partial charge in [-0.25, -0.2) is 12.4 Å². The maximum Gasteiger partial charge on any atom is 0.268 e. The molecule has 0 radical (unpaired) electrons. The van der Waals surface area contributed by atoms with Gasteiger partial charge in [0.15, 0.2) is 6.29 Å². The topological polar surface area (TPSA) is 87.0 Å². The third kappa shape index (κ3) is 4.02. The van der Waals surface area contributed by atoms with Crippen molar-refractivity contribution in [3.05, 3.63) is 60.3 Å². The first-order chi connectivity index (χ1) is 14.1. The van der Waals surface area contributed by atoms with E-state index >= 15 is 0 Å². The second-order valence-corrected chi connectivity index (χ2v) is 8.55. The van der Waals surface area contributed by atoms with Gasteiger partial charge in [-0.2, -0.15) is 0 Å². The summed E-state index contributed by atoms with van der Waals surface area (Å²) in [5, 5.41) is 9.72. The normalized spacial score (nSPS) is 15.6. The van der Waals surface area contributed by atoms with Gasteiger partial charge in [-0.1, -0.05) is 18.2 Å². The molecule has 3 aromatic rings. The number of aromatic nitrogens is 1. The maximum absolute atomic E-state index is 13.2. The van der Waals surface area contributed by atoms with Gasteiger partial charge in [-0.05, 0) is 36.8 Å². The Morgan fingerprint density at radius 3 is 2.59 bits per heavy atom. The van der Waals surface area contributed by atoms with Crippen LogP contribution in [0.3, 0.4) is 0 Å². The number of ether oxygens (including phenoxy) is 3. The molecule has 2 aromatic carbocycles. The molecule has 1 aliphatic rings. The van der Waals surface area contributed by atoms with Crippen molar-refractivity contribution in [1.29, 1.82) is 0 Å². The minimum Gasteiger partial charge on any atom is -0.493 e. The highest BCUT2D eigenvalue weighted by Crippen LogP contribution is 2.35. The molecule has 0 unspecified atom stereocenters. The molecule has 4 rings (SSSR count). The van der Waals surface area contributed by atoms with E-state index in [0.29, 0.717) is 48.5 Å². The fraction of sp³-hybridized carbons (Fsp3) is 0.333. The third-order valence-corrected chi connectivity index (χ3v) is 6.42. The van der Waals surface area contributed by atoms with Gasteiger partial charge in [-0.3, -0.25) is 0 Å². The molecule has 1 saturated heterocycles. The Hall–Kier alpha value is -2.39. The Bertz CT molecular complexity index is 1070. The van der Waals surface area contributed by atoms with Crippen molar-refractivity contribution >= 4 is 20.9 Å². The number of aliphatic hydroxyl groups is 1. The van der Waals surface area contributed by atoms with E-state index in [1.165, 1.54) is 10.2 Å². The summed E-state index contributed by atoms with van der Waals surface area (Å²) in [6, 6.07) is 13.6. The van der Waals surface area contributed by atoms with Gasteiger partial charge in [0.2, 0.25) is 0 Å². The first kappa shape index (κ1) is 19.9. The van der Waals surface area contributed by atoms with Crippen molar-refractivity contribution in [2.75, 3.05) is 26.4 Å². The van der Waals surface area contributed by atoms with Crippen LogP contribution in [0.1, 0.15) is 24.7 Å². The standard InChI is InChI=1S/C21H23NO6S/c23-10-4-11-26-20-15-16(21-27-12-5-13-28-21)14-19-18(20)8-9-22(19)29(24,25)17-6-2-1-3-7-17/h1-3,6-9,14-15,21,23H,4-5,10-13H2. The van der Waals surface area contributed by atoms with Gasteiger partial charge in [0.05, 0.1) is 30.2 Å². The molecule has 0 bridgehead atoms. The molecule has 0 saturated carbocycles. The number of benzene rings is 2. The van der Waals surface area contributed by atoms with Crippen molar-refractivity contribution in [3.8, 4) is 5.75 Å². The van der Waals surface area contributed by atoms with Gasteiger partial charge in [-0.15, -0.1) is 0 Å². The van der Waals surface area contributed by atoms with E-state index in [1.807, 2.05) is 6.07 Å². The molecule has 2 heterocycles. The quantitative estimate of drug-likeness (QED) is 0.595. The minimum atomic E-state index is -3.77. The highest BCUT2D eigenvalue weighted by atomic mass is 32.2. The van der Waals surface area contributed by atoms with E-state index in [2.05, 4.69) is 0 Å². The van der Waals surface area contributed by atoms with Crippen LogP contribution < -0.4 is 4.74 Å². The van der Waals surface area contributed by atoms with Crippen LogP contribution in [0.4, 0.5) is 0 Å². The van der Waals surface area contributed by atoms with E-state index in [-0.39, 0.29) is 11.5 Å². The predicted molar refractivity (Wildman–Crippen MR) is 107 cm³/mol. The summed E-state index contributed by atoms with van der Waals surface area (Å²) in [4.78, 5) is 0.204. The number of aliphatic hydroxyl groups excluding tert-OH is 1. The van der Waals surface area contributed by atoms with Crippen LogP contribution in [0, 0.1) is 0 Å². The number of hydrogen-bond donors (Lipinski definition) is 1. The summed E-state index contributed by atoms with van der Waals surface area (Å²) in [6.07, 6.45) is 2.25. The largest absolute Gasteiger partial charge is 0.493 e. The molecule has 0 amide bonds. The fourth-order valence-electron chi connectivity index (χ4n) is 3.30. The van der Waals surface area contributed by atoms with E-state index in [9.17, 15) is 8.42 Å². The molecular formula is C21H23NO6S.